The van der Waals surface area contributed by atoms with Gasteiger partial charge in [0, 0.05) is 6.54 Å². The van der Waals surface area contributed by atoms with Gasteiger partial charge in [-0.05, 0) is 12.3 Å². The first-order valence-electron chi connectivity index (χ1n) is 6.02. The molecule has 0 aliphatic carbocycles. The highest BCUT2D eigenvalue weighted by Crippen LogP contribution is 2.04. The molecule has 0 bridgehead atoms. The quantitative estimate of drug-likeness (QED) is 0.619. The Morgan fingerprint density at radius 2 is 2.06 bits per heavy atom. The van der Waals surface area contributed by atoms with Crippen molar-refractivity contribution < 1.29 is 14.6 Å². The van der Waals surface area contributed by atoms with E-state index in [-0.39, 0.29) is 17.9 Å². The van der Waals surface area contributed by atoms with E-state index in [9.17, 15) is 9.90 Å². The number of unbranched alkanes of at least 4 members (excludes halogenated alkanes) is 1. The first-order valence-corrected chi connectivity index (χ1v) is 6.02. The molecule has 16 heavy (non-hydrogen) atoms. The summed E-state index contributed by atoms with van der Waals surface area (Å²) in [6.45, 7) is 6.41. The van der Waals surface area contributed by atoms with Gasteiger partial charge in [-0.25, -0.2) is 0 Å². The lowest BCUT2D eigenvalue weighted by atomic mass is 10.1. The lowest BCUT2D eigenvalue weighted by Gasteiger charge is -2.20. The first-order chi connectivity index (χ1) is 7.52. The molecule has 4 heteroatoms. The largest absolute Gasteiger partial charge is 0.468 e. The van der Waals surface area contributed by atoms with Gasteiger partial charge in [0.2, 0.25) is 0 Å². The van der Waals surface area contributed by atoms with Gasteiger partial charge in [-0.15, -0.1) is 0 Å². The Morgan fingerprint density at radius 1 is 1.44 bits per heavy atom. The van der Waals surface area contributed by atoms with Gasteiger partial charge < -0.3 is 15.2 Å². The second kappa shape index (κ2) is 8.53. The maximum atomic E-state index is 11.4. The van der Waals surface area contributed by atoms with Crippen molar-refractivity contribution in [2.75, 3.05) is 13.7 Å². The Labute approximate surface area is 98.4 Å². The van der Waals surface area contributed by atoms with E-state index in [1.165, 1.54) is 7.11 Å². The van der Waals surface area contributed by atoms with Crippen LogP contribution in [0.3, 0.4) is 0 Å². The number of hydrogen-bond acceptors (Lipinski definition) is 4. The highest BCUT2D eigenvalue weighted by Gasteiger charge is 2.19. The van der Waals surface area contributed by atoms with Crippen molar-refractivity contribution in [1.29, 1.82) is 0 Å². The van der Waals surface area contributed by atoms with Gasteiger partial charge in [0.25, 0.3) is 0 Å². The van der Waals surface area contributed by atoms with Crippen molar-refractivity contribution in [1.82, 2.24) is 5.32 Å². The van der Waals surface area contributed by atoms with Crippen LogP contribution in [0.4, 0.5) is 0 Å². The predicted octanol–water partition coefficient (Wildman–Crippen LogP) is 1.32. The van der Waals surface area contributed by atoms with Crippen LogP contribution in [0, 0.1) is 5.92 Å². The number of rotatable bonds is 8. The molecule has 2 unspecified atom stereocenters. The molecule has 0 aliphatic heterocycles. The minimum Gasteiger partial charge on any atom is -0.468 e. The maximum absolute atomic E-state index is 11.4. The molecule has 0 rings (SSSR count). The predicted molar refractivity (Wildman–Crippen MR) is 64.2 cm³/mol. The first kappa shape index (κ1) is 15.4. The number of carbonyl (C=O) groups is 1. The van der Waals surface area contributed by atoms with Crippen LogP contribution in [-0.4, -0.2) is 36.9 Å². The Balaban J connectivity index is 4.05. The number of ether oxygens (including phenoxy) is 1. The molecule has 2 atom stereocenters. The topological polar surface area (TPSA) is 58.6 Å². The van der Waals surface area contributed by atoms with Gasteiger partial charge in [-0.3, -0.25) is 4.79 Å². The summed E-state index contributed by atoms with van der Waals surface area (Å²) in [5.41, 5.74) is 0. The molecular formula is C12H25NO3. The van der Waals surface area contributed by atoms with E-state index in [2.05, 4.69) is 12.2 Å². The van der Waals surface area contributed by atoms with E-state index < -0.39 is 6.10 Å². The fourth-order valence-corrected chi connectivity index (χ4v) is 1.35. The number of esters is 1. The van der Waals surface area contributed by atoms with Gasteiger partial charge >= 0.3 is 5.97 Å². The molecule has 0 amide bonds. The van der Waals surface area contributed by atoms with Crippen molar-refractivity contribution in [2.24, 2.45) is 5.92 Å². The molecule has 4 nitrogen and oxygen atoms in total. The average Bonchev–Trinajstić information content (AvgIpc) is 2.27. The second-order valence-electron chi connectivity index (χ2n) is 4.44. The fourth-order valence-electron chi connectivity index (χ4n) is 1.35. The average molecular weight is 231 g/mol. The summed E-state index contributed by atoms with van der Waals surface area (Å²) >= 11 is 0. The molecule has 0 aromatic carbocycles. The fraction of sp³-hybridized carbons (Fsp3) is 0.917. The van der Waals surface area contributed by atoms with Crippen LogP contribution < -0.4 is 5.32 Å². The van der Waals surface area contributed by atoms with Crippen molar-refractivity contribution in [3.05, 3.63) is 0 Å². The highest BCUT2D eigenvalue weighted by atomic mass is 16.5. The smallest absolute Gasteiger partial charge is 0.322 e. The highest BCUT2D eigenvalue weighted by molar-refractivity contribution is 5.75. The van der Waals surface area contributed by atoms with Gasteiger partial charge in [-0.1, -0.05) is 33.6 Å². The third-order valence-electron chi connectivity index (χ3n) is 2.67. The van der Waals surface area contributed by atoms with Crippen LogP contribution in [0.25, 0.3) is 0 Å². The van der Waals surface area contributed by atoms with Gasteiger partial charge in [-0.2, -0.15) is 0 Å². The lowest BCUT2D eigenvalue weighted by Crippen LogP contribution is -2.42. The molecule has 0 aromatic heterocycles. The summed E-state index contributed by atoms with van der Waals surface area (Å²) in [7, 11) is 1.39. The Bertz CT molecular complexity index is 195. The standard InChI is InChI=1S/C12H25NO3/c1-5-6-7-10(12(15)16-4)13-8-11(14)9(2)3/h9-11,13-14H,5-8H2,1-4H3. The van der Waals surface area contributed by atoms with E-state index in [0.717, 1.165) is 19.3 Å². The van der Waals surface area contributed by atoms with E-state index in [1.807, 2.05) is 13.8 Å². The number of aliphatic hydroxyl groups excluding tert-OH is 1. The lowest BCUT2D eigenvalue weighted by molar-refractivity contribution is -0.143. The SMILES string of the molecule is CCCCC(NCC(O)C(C)C)C(=O)OC. The molecule has 0 aromatic rings. The van der Waals surface area contributed by atoms with Gasteiger partial charge in [0.15, 0.2) is 0 Å². The van der Waals surface area contributed by atoms with Crippen molar-refractivity contribution in [3.63, 3.8) is 0 Å². The Kier molecular flexibility index (Phi) is 8.21. The third-order valence-corrected chi connectivity index (χ3v) is 2.67. The minimum atomic E-state index is -0.422. The normalized spacial score (nSPS) is 14.9. The summed E-state index contributed by atoms with van der Waals surface area (Å²) in [5, 5.41) is 12.7. The van der Waals surface area contributed by atoms with Gasteiger partial charge in [0.05, 0.1) is 13.2 Å². The molecule has 0 radical (unpaired) electrons. The van der Waals surface area contributed by atoms with Crippen LogP contribution in [0.5, 0.6) is 0 Å². The molecule has 2 N–H and O–H groups in total. The summed E-state index contributed by atoms with van der Waals surface area (Å²) in [6, 6.07) is -0.293. The zero-order valence-electron chi connectivity index (χ0n) is 10.8. The maximum Gasteiger partial charge on any atom is 0.322 e. The van der Waals surface area contributed by atoms with Crippen molar-refractivity contribution >= 4 is 5.97 Å². The Morgan fingerprint density at radius 3 is 2.50 bits per heavy atom. The number of hydrogen-bond donors (Lipinski definition) is 2. The zero-order valence-corrected chi connectivity index (χ0v) is 10.8. The van der Waals surface area contributed by atoms with Crippen LogP contribution in [-0.2, 0) is 9.53 Å². The zero-order chi connectivity index (χ0) is 12.6. The number of methoxy groups -OCH3 is 1. The van der Waals surface area contributed by atoms with Gasteiger partial charge in [0.1, 0.15) is 6.04 Å². The minimum absolute atomic E-state index is 0.192. The molecule has 0 aliphatic rings. The van der Waals surface area contributed by atoms with Crippen LogP contribution in [0.2, 0.25) is 0 Å². The third kappa shape index (κ3) is 6.08. The molecule has 0 saturated carbocycles. The van der Waals surface area contributed by atoms with E-state index >= 15 is 0 Å². The summed E-state index contributed by atoms with van der Waals surface area (Å²) in [6.07, 6.45) is 2.36. The molecular weight excluding hydrogens is 206 g/mol. The number of nitrogens with one attached hydrogen (secondary N) is 1. The van der Waals surface area contributed by atoms with Crippen LogP contribution in [0.1, 0.15) is 40.0 Å². The van der Waals surface area contributed by atoms with Crippen LogP contribution in [0.15, 0.2) is 0 Å². The number of aliphatic hydroxyl groups is 1. The van der Waals surface area contributed by atoms with E-state index in [0.29, 0.717) is 6.54 Å². The molecule has 0 saturated heterocycles. The Hall–Kier alpha value is -0.610. The van der Waals surface area contributed by atoms with E-state index in [4.69, 9.17) is 4.74 Å². The van der Waals surface area contributed by atoms with Crippen LogP contribution >= 0.6 is 0 Å². The summed E-state index contributed by atoms with van der Waals surface area (Å²) in [4.78, 5) is 11.4. The van der Waals surface area contributed by atoms with Crippen molar-refractivity contribution in [3.8, 4) is 0 Å². The second-order valence-corrected chi connectivity index (χ2v) is 4.44. The monoisotopic (exact) mass is 231 g/mol. The molecule has 96 valence electrons. The van der Waals surface area contributed by atoms with E-state index in [1.54, 1.807) is 0 Å². The summed E-state index contributed by atoms with van der Waals surface area (Å²) < 4.78 is 4.72. The number of carbonyl (C=O) groups excluding carboxylic acids is 1. The molecule has 0 heterocycles. The molecule has 0 fully saturated rings. The van der Waals surface area contributed by atoms with Crippen molar-refractivity contribution in [2.45, 2.75) is 52.2 Å². The summed E-state index contributed by atoms with van der Waals surface area (Å²) in [5.74, 6) is -0.0543. The molecule has 0 spiro atoms.